The summed E-state index contributed by atoms with van der Waals surface area (Å²) >= 11 is 7.59. The first kappa shape index (κ1) is 12.6. The zero-order chi connectivity index (χ0) is 12.3. The molecule has 1 aromatic heterocycles. The number of nitrogens with one attached hydrogen (secondary N) is 1. The van der Waals surface area contributed by atoms with E-state index in [-0.39, 0.29) is 0 Å². The summed E-state index contributed by atoms with van der Waals surface area (Å²) in [5.74, 6) is 0. The van der Waals surface area contributed by atoms with Crippen LogP contribution in [0.3, 0.4) is 0 Å². The number of benzene rings is 1. The lowest BCUT2D eigenvalue weighted by molar-refractivity contribution is 0.689. The van der Waals surface area contributed by atoms with E-state index in [0.717, 1.165) is 28.8 Å². The number of halogens is 1. The van der Waals surface area contributed by atoms with E-state index in [1.54, 1.807) is 11.3 Å². The molecule has 0 atom stereocenters. The molecular formula is C13H15ClN2S. The molecule has 1 N–H and O–H groups in total. The van der Waals surface area contributed by atoms with Crippen molar-refractivity contribution in [1.82, 2.24) is 10.3 Å². The summed E-state index contributed by atoms with van der Waals surface area (Å²) in [6, 6.07) is 7.90. The van der Waals surface area contributed by atoms with E-state index in [9.17, 15) is 0 Å². The molecule has 0 aliphatic rings. The summed E-state index contributed by atoms with van der Waals surface area (Å²) in [5, 5.41) is 5.31. The number of hydrogen-bond donors (Lipinski definition) is 1. The molecule has 1 heterocycles. The Kier molecular flexibility index (Phi) is 4.15. The first-order valence-electron chi connectivity index (χ1n) is 5.53. The molecule has 2 nitrogen and oxygen atoms in total. The Morgan fingerprint density at radius 2 is 1.88 bits per heavy atom. The average molecular weight is 267 g/mol. The van der Waals surface area contributed by atoms with Gasteiger partial charge in [-0.15, -0.1) is 11.3 Å². The van der Waals surface area contributed by atoms with Crippen molar-refractivity contribution in [1.29, 1.82) is 0 Å². The fraction of sp³-hybridized carbons (Fsp3) is 0.308. The number of thiazole rings is 1. The Morgan fingerprint density at radius 3 is 2.47 bits per heavy atom. The van der Waals surface area contributed by atoms with Crippen molar-refractivity contribution < 1.29 is 0 Å². The molecule has 1 aromatic carbocycles. The van der Waals surface area contributed by atoms with Crippen LogP contribution in [0.4, 0.5) is 0 Å². The van der Waals surface area contributed by atoms with Crippen LogP contribution in [0.1, 0.15) is 21.1 Å². The molecular weight excluding hydrogens is 252 g/mol. The van der Waals surface area contributed by atoms with E-state index in [4.69, 9.17) is 11.6 Å². The maximum Gasteiger partial charge on any atom is 0.107 e. The van der Waals surface area contributed by atoms with Crippen molar-refractivity contribution >= 4 is 22.9 Å². The Bertz CT molecular complexity index is 471. The Morgan fingerprint density at radius 1 is 1.18 bits per heavy atom. The van der Waals surface area contributed by atoms with Crippen LogP contribution in [0.5, 0.6) is 0 Å². The minimum absolute atomic E-state index is 0.778. The first-order valence-corrected chi connectivity index (χ1v) is 6.72. The SMILES string of the molecule is Cc1nc(CNCc2ccc(Cl)cc2)sc1C. The van der Waals surface area contributed by atoms with Crippen molar-refractivity contribution in [3.05, 3.63) is 50.4 Å². The van der Waals surface area contributed by atoms with Crippen LogP contribution in [0.15, 0.2) is 24.3 Å². The van der Waals surface area contributed by atoms with Crippen LogP contribution in [-0.4, -0.2) is 4.98 Å². The van der Waals surface area contributed by atoms with Gasteiger partial charge in [-0.2, -0.15) is 0 Å². The van der Waals surface area contributed by atoms with Gasteiger partial charge >= 0.3 is 0 Å². The van der Waals surface area contributed by atoms with Gasteiger partial charge in [0.2, 0.25) is 0 Å². The van der Waals surface area contributed by atoms with Crippen LogP contribution in [-0.2, 0) is 13.1 Å². The lowest BCUT2D eigenvalue weighted by atomic mass is 10.2. The second-order valence-corrected chi connectivity index (χ2v) is 5.70. The summed E-state index contributed by atoms with van der Waals surface area (Å²) in [5.41, 5.74) is 2.37. The van der Waals surface area contributed by atoms with E-state index in [1.807, 2.05) is 24.3 Å². The van der Waals surface area contributed by atoms with Gasteiger partial charge in [0.25, 0.3) is 0 Å². The molecule has 0 spiro atoms. The summed E-state index contributed by atoms with van der Waals surface area (Å²) in [6.07, 6.45) is 0. The van der Waals surface area contributed by atoms with E-state index >= 15 is 0 Å². The van der Waals surface area contributed by atoms with E-state index in [2.05, 4.69) is 24.1 Å². The van der Waals surface area contributed by atoms with Crippen molar-refractivity contribution in [2.45, 2.75) is 26.9 Å². The Labute approximate surface area is 111 Å². The third-order valence-electron chi connectivity index (χ3n) is 2.59. The quantitative estimate of drug-likeness (QED) is 0.913. The number of aromatic nitrogens is 1. The second kappa shape index (κ2) is 5.63. The molecule has 0 bridgehead atoms. The van der Waals surface area contributed by atoms with Gasteiger partial charge in [-0.05, 0) is 31.5 Å². The minimum Gasteiger partial charge on any atom is -0.306 e. The molecule has 4 heteroatoms. The summed E-state index contributed by atoms with van der Waals surface area (Å²) in [6.45, 7) is 5.82. The molecule has 2 aromatic rings. The zero-order valence-corrected chi connectivity index (χ0v) is 11.5. The monoisotopic (exact) mass is 266 g/mol. The van der Waals surface area contributed by atoms with Gasteiger partial charge in [-0.3, -0.25) is 0 Å². The smallest absolute Gasteiger partial charge is 0.107 e. The van der Waals surface area contributed by atoms with E-state index in [1.165, 1.54) is 10.4 Å². The molecule has 90 valence electrons. The lowest BCUT2D eigenvalue weighted by Gasteiger charge is -2.02. The highest BCUT2D eigenvalue weighted by Gasteiger charge is 2.02. The fourth-order valence-electron chi connectivity index (χ4n) is 1.53. The van der Waals surface area contributed by atoms with Gasteiger partial charge in [-0.25, -0.2) is 4.98 Å². The van der Waals surface area contributed by atoms with Gasteiger partial charge in [0, 0.05) is 23.0 Å². The predicted octanol–water partition coefficient (Wildman–Crippen LogP) is 3.70. The van der Waals surface area contributed by atoms with Gasteiger partial charge in [0.05, 0.1) is 5.69 Å². The molecule has 0 unspecified atom stereocenters. The standard InChI is InChI=1S/C13H15ClN2S/c1-9-10(2)17-13(16-9)8-15-7-11-3-5-12(14)6-4-11/h3-6,15H,7-8H2,1-2H3. The lowest BCUT2D eigenvalue weighted by Crippen LogP contribution is -2.12. The highest BCUT2D eigenvalue weighted by atomic mass is 35.5. The van der Waals surface area contributed by atoms with Crippen LogP contribution < -0.4 is 5.32 Å². The zero-order valence-electron chi connectivity index (χ0n) is 9.96. The summed E-state index contributed by atoms with van der Waals surface area (Å²) in [4.78, 5) is 5.79. The maximum absolute atomic E-state index is 5.83. The van der Waals surface area contributed by atoms with Crippen LogP contribution in [0.25, 0.3) is 0 Å². The summed E-state index contributed by atoms with van der Waals surface area (Å²) in [7, 11) is 0. The molecule has 0 aliphatic carbocycles. The van der Waals surface area contributed by atoms with Crippen LogP contribution in [0.2, 0.25) is 5.02 Å². The molecule has 0 saturated heterocycles. The van der Waals surface area contributed by atoms with Crippen molar-refractivity contribution in [3.8, 4) is 0 Å². The number of aryl methyl sites for hydroxylation is 2. The van der Waals surface area contributed by atoms with E-state index < -0.39 is 0 Å². The predicted molar refractivity (Wildman–Crippen MR) is 73.6 cm³/mol. The molecule has 0 saturated carbocycles. The second-order valence-electron chi connectivity index (χ2n) is 3.98. The molecule has 2 rings (SSSR count). The minimum atomic E-state index is 0.778. The highest BCUT2D eigenvalue weighted by molar-refractivity contribution is 7.11. The number of hydrogen-bond acceptors (Lipinski definition) is 3. The van der Waals surface area contributed by atoms with Gasteiger partial charge in [-0.1, -0.05) is 23.7 Å². The topological polar surface area (TPSA) is 24.9 Å². The molecule has 17 heavy (non-hydrogen) atoms. The average Bonchev–Trinajstić information content (AvgIpc) is 2.61. The number of rotatable bonds is 4. The molecule has 0 radical (unpaired) electrons. The Hall–Kier alpha value is -0.900. The molecule has 0 fully saturated rings. The van der Waals surface area contributed by atoms with Crippen molar-refractivity contribution in [2.24, 2.45) is 0 Å². The van der Waals surface area contributed by atoms with Gasteiger partial charge in [0.15, 0.2) is 0 Å². The first-order chi connectivity index (χ1) is 8.15. The van der Waals surface area contributed by atoms with Gasteiger partial charge in [0.1, 0.15) is 5.01 Å². The molecule has 0 amide bonds. The highest BCUT2D eigenvalue weighted by Crippen LogP contribution is 2.16. The van der Waals surface area contributed by atoms with Crippen molar-refractivity contribution in [3.63, 3.8) is 0 Å². The largest absolute Gasteiger partial charge is 0.306 e. The Balaban J connectivity index is 1.85. The van der Waals surface area contributed by atoms with Crippen LogP contribution in [0, 0.1) is 13.8 Å². The van der Waals surface area contributed by atoms with E-state index in [0.29, 0.717) is 0 Å². The van der Waals surface area contributed by atoms with Crippen LogP contribution >= 0.6 is 22.9 Å². The fourth-order valence-corrected chi connectivity index (χ4v) is 2.56. The normalized spacial score (nSPS) is 10.8. The van der Waals surface area contributed by atoms with Gasteiger partial charge < -0.3 is 5.32 Å². The third-order valence-corrected chi connectivity index (χ3v) is 3.92. The van der Waals surface area contributed by atoms with Crippen molar-refractivity contribution in [2.75, 3.05) is 0 Å². The summed E-state index contributed by atoms with van der Waals surface area (Å²) < 4.78 is 0. The third kappa shape index (κ3) is 3.53. The number of nitrogens with zero attached hydrogens (tertiary/aromatic N) is 1. The maximum atomic E-state index is 5.83. The molecule has 0 aliphatic heterocycles.